The molecule has 1 aliphatic carbocycles. The van der Waals surface area contributed by atoms with Crippen LogP contribution in [0.5, 0.6) is 0 Å². The van der Waals surface area contributed by atoms with Crippen LogP contribution in [0.3, 0.4) is 0 Å². The highest BCUT2D eigenvalue weighted by molar-refractivity contribution is 14.2. The third kappa shape index (κ3) is 4.87. The van der Waals surface area contributed by atoms with Crippen molar-refractivity contribution < 1.29 is 9.53 Å². The Morgan fingerprint density at radius 1 is 1.16 bits per heavy atom. The molecule has 1 fully saturated rings. The number of rotatable bonds is 5. The van der Waals surface area contributed by atoms with Crippen molar-refractivity contribution in [2.24, 2.45) is 0 Å². The Bertz CT molecular complexity index is 1120. The highest BCUT2D eigenvalue weighted by Crippen LogP contribution is 2.48. The fourth-order valence-corrected chi connectivity index (χ4v) is 5.32. The van der Waals surface area contributed by atoms with E-state index < -0.39 is 17.2 Å². The number of nitrogens with zero attached hydrogens (tertiary/aromatic N) is 3. The molecule has 0 saturated heterocycles. The molecule has 4 rings (SSSR count). The van der Waals surface area contributed by atoms with Crippen LogP contribution in [0.1, 0.15) is 64.5 Å². The second kappa shape index (κ2) is 8.32. The first-order valence-electron chi connectivity index (χ1n) is 10.4. The number of halogens is 1. The van der Waals surface area contributed by atoms with Gasteiger partial charge in [-0.05, 0) is 98.7 Å². The number of hydrogen-bond acceptors (Lipinski definition) is 4. The molecule has 31 heavy (non-hydrogen) atoms. The third-order valence-electron chi connectivity index (χ3n) is 5.43. The number of carbonyl (C=O) groups excluding carboxylic acids is 1. The summed E-state index contributed by atoms with van der Waals surface area (Å²) in [6, 6.07) is 8.41. The van der Waals surface area contributed by atoms with Crippen LogP contribution in [0.15, 0.2) is 36.7 Å². The van der Waals surface area contributed by atoms with Crippen molar-refractivity contribution in [1.29, 1.82) is 0 Å². The van der Waals surface area contributed by atoms with E-state index in [1.54, 1.807) is 0 Å². The van der Waals surface area contributed by atoms with Gasteiger partial charge in [-0.3, -0.25) is 4.98 Å². The monoisotopic (exact) mass is 550 g/mol. The van der Waals surface area contributed by atoms with E-state index >= 15 is 0 Å². The van der Waals surface area contributed by atoms with Gasteiger partial charge in [0.15, 0.2) is 0 Å². The minimum absolute atomic E-state index is 0.434. The Labute approximate surface area is 197 Å². The maximum atomic E-state index is 12.3. The topological polar surface area (TPSA) is 69.0 Å². The summed E-state index contributed by atoms with van der Waals surface area (Å²) >= 11 is 2.37. The normalized spacial score (nSPS) is 15.0. The number of hydrogen-bond donors (Lipinski definition) is 1. The summed E-state index contributed by atoms with van der Waals surface area (Å²) in [5.74, 6) is 0.584. The first-order valence-corrected chi connectivity index (χ1v) is 14.5. The van der Waals surface area contributed by atoms with Gasteiger partial charge in [0.25, 0.3) is 0 Å². The Morgan fingerprint density at radius 3 is 2.48 bits per heavy atom. The van der Waals surface area contributed by atoms with Gasteiger partial charge in [-0.15, -0.1) is 0 Å². The maximum Gasteiger partial charge on any atom is 0.408 e. The minimum atomic E-state index is -0.598. The number of nitrogens with one attached hydrogen (secondary N) is 1. The van der Waals surface area contributed by atoms with Gasteiger partial charge in [0.2, 0.25) is 0 Å². The molecule has 3 aromatic rings. The second-order valence-corrected chi connectivity index (χ2v) is 11.6. The zero-order valence-electron chi connectivity index (χ0n) is 18.5. The van der Waals surface area contributed by atoms with Crippen LogP contribution >= 0.6 is 28.4 Å². The number of pyridine rings is 1. The van der Waals surface area contributed by atoms with Crippen molar-refractivity contribution in [2.75, 3.05) is 0 Å². The summed E-state index contributed by atoms with van der Waals surface area (Å²) in [5.41, 5.74) is 4.48. The number of amides is 1. The number of fused-ring (bicyclic) bond motifs is 1. The summed E-state index contributed by atoms with van der Waals surface area (Å²) < 4.78 is 7.47. The standard InChI is InChI=1S/C23H28IN4O2P/c1-22(2,3)30-21(29)27-23(4,5)15-8-10-18(25-12-15)16-9-11-19-17(13-26-28(19)31-24)20(16)14-6-7-14/h8-14,31H,6-7H2,1-5H3,(H,27,29). The molecular formula is C23H28IN4O2P. The fraction of sp³-hybridized carbons (Fsp3) is 0.435. The molecule has 1 unspecified atom stereocenters. The Hall–Kier alpha value is -1.73. The lowest BCUT2D eigenvalue weighted by atomic mass is 9.93. The van der Waals surface area contributed by atoms with Crippen LogP contribution in [0.4, 0.5) is 4.79 Å². The Kier molecular flexibility index (Phi) is 6.03. The van der Waals surface area contributed by atoms with E-state index in [4.69, 9.17) is 9.72 Å². The van der Waals surface area contributed by atoms with E-state index in [0.717, 1.165) is 11.3 Å². The van der Waals surface area contributed by atoms with Crippen LogP contribution in [0, 0.1) is 0 Å². The number of ether oxygens (including phenoxy) is 1. The average molecular weight is 550 g/mol. The lowest BCUT2D eigenvalue weighted by Crippen LogP contribution is -2.43. The largest absolute Gasteiger partial charge is 0.444 e. The zero-order chi connectivity index (χ0) is 22.4. The van der Waals surface area contributed by atoms with E-state index in [0.29, 0.717) is 12.3 Å². The smallest absolute Gasteiger partial charge is 0.408 e. The molecule has 2 heterocycles. The average Bonchev–Trinajstić information content (AvgIpc) is 3.44. The molecule has 8 heteroatoms. The van der Waals surface area contributed by atoms with Crippen molar-refractivity contribution >= 4 is 45.4 Å². The van der Waals surface area contributed by atoms with Gasteiger partial charge in [0, 0.05) is 17.1 Å². The van der Waals surface area contributed by atoms with E-state index in [1.165, 1.54) is 34.9 Å². The van der Waals surface area contributed by atoms with Crippen molar-refractivity contribution in [3.8, 4) is 11.3 Å². The van der Waals surface area contributed by atoms with Crippen LogP contribution < -0.4 is 5.32 Å². The van der Waals surface area contributed by atoms with Gasteiger partial charge in [-0.1, -0.05) is 12.1 Å². The highest BCUT2D eigenvalue weighted by Gasteiger charge is 2.30. The molecule has 1 saturated carbocycles. The molecule has 0 aliphatic heterocycles. The summed E-state index contributed by atoms with van der Waals surface area (Å²) in [4.78, 5) is 17.0. The molecule has 1 N–H and O–H groups in total. The van der Waals surface area contributed by atoms with Gasteiger partial charge in [-0.25, -0.2) is 9.25 Å². The Balaban J connectivity index is 1.63. The number of alkyl carbamates (subject to hydrolysis) is 1. The van der Waals surface area contributed by atoms with Crippen LogP contribution in [-0.2, 0) is 10.3 Å². The minimum Gasteiger partial charge on any atom is -0.444 e. The molecule has 164 valence electrons. The molecule has 2 aromatic heterocycles. The summed E-state index contributed by atoms with van der Waals surface area (Å²) in [6.45, 7) is 9.47. The van der Waals surface area contributed by atoms with Gasteiger partial charge >= 0.3 is 6.09 Å². The molecule has 0 bridgehead atoms. The molecule has 0 spiro atoms. The summed E-state index contributed by atoms with van der Waals surface area (Å²) in [5, 5.41) is 8.75. The lowest BCUT2D eigenvalue weighted by molar-refractivity contribution is 0.0470. The van der Waals surface area contributed by atoms with Crippen LogP contribution in [0.25, 0.3) is 22.2 Å². The molecule has 1 atom stereocenters. The van der Waals surface area contributed by atoms with Crippen LogP contribution in [-0.4, -0.2) is 26.2 Å². The molecule has 1 aliphatic rings. The number of benzene rings is 1. The van der Waals surface area contributed by atoms with Crippen molar-refractivity contribution in [3.63, 3.8) is 0 Å². The number of aromatic nitrogens is 3. The quantitative estimate of drug-likeness (QED) is 0.290. The predicted octanol–water partition coefficient (Wildman–Crippen LogP) is 6.53. The van der Waals surface area contributed by atoms with Gasteiger partial charge in [0.05, 0.1) is 29.3 Å². The van der Waals surface area contributed by atoms with E-state index in [-0.39, 0.29) is 0 Å². The van der Waals surface area contributed by atoms with Crippen molar-refractivity contribution in [2.45, 2.75) is 64.5 Å². The van der Waals surface area contributed by atoms with E-state index in [1.807, 2.05) is 59.1 Å². The van der Waals surface area contributed by atoms with Crippen molar-refractivity contribution in [1.82, 2.24) is 19.9 Å². The molecule has 1 aromatic carbocycles. The maximum absolute atomic E-state index is 12.3. The van der Waals surface area contributed by atoms with Crippen LogP contribution in [0.2, 0.25) is 0 Å². The number of carbonyl (C=O) groups is 1. The second-order valence-electron chi connectivity index (χ2n) is 9.56. The molecular weight excluding hydrogens is 522 g/mol. The third-order valence-corrected chi connectivity index (χ3v) is 7.32. The first-order chi connectivity index (χ1) is 14.6. The summed E-state index contributed by atoms with van der Waals surface area (Å²) in [7, 11) is 0. The zero-order valence-corrected chi connectivity index (χ0v) is 21.6. The highest BCUT2D eigenvalue weighted by atomic mass is 127. The van der Waals surface area contributed by atoms with E-state index in [2.05, 4.69) is 49.0 Å². The van der Waals surface area contributed by atoms with Gasteiger partial charge in [0.1, 0.15) is 5.60 Å². The summed E-state index contributed by atoms with van der Waals surface area (Å²) in [6.07, 6.45) is 6.43. The van der Waals surface area contributed by atoms with Gasteiger partial charge < -0.3 is 10.1 Å². The Morgan fingerprint density at radius 2 is 1.90 bits per heavy atom. The molecule has 0 radical (unpaired) electrons. The van der Waals surface area contributed by atoms with Crippen molar-refractivity contribution in [3.05, 3.63) is 47.8 Å². The SMILES string of the molecule is CC(C)(C)OC(=O)NC(C)(C)c1ccc(-c2ccc3c(cnn3PI)c2C2CC2)nc1. The first kappa shape index (κ1) is 22.5. The molecule has 1 amide bonds. The van der Waals surface area contributed by atoms with E-state index in [9.17, 15) is 4.79 Å². The van der Waals surface area contributed by atoms with Gasteiger partial charge in [-0.2, -0.15) is 5.10 Å². The predicted molar refractivity (Wildman–Crippen MR) is 135 cm³/mol. The lowest BCUT2D eigenvalue weighted by Gasteiger charge is -2.29. The fourth-order valence-electron chi connectivity index (χ4n) is 3.78. The molecule has 6 nitrogen and oxygen atoms in total.